The van der Waals surface area contributed by atoms with Gasteiger partial charge in [0, 0.05) is 0 Å². The Morgan fingerprint density at radius 1 is 1.26 bits per heavy atom. The molecule has 0 fully saturated rings. The second-order valence-electron chi connectivity index (χ2n) is 5.82. The zero-order valence-corrected chi connectivity index (χ0v) is 14.6. The maximum atomic E-state index is 13.8. The Balaban J connectivity index is 2.24. The number of rotatable bonds is 2. The number of benzene rings is 1. The van der Waals surface area contributed by atoms with Crippen molar-refractivity contribution in [2.24, 2.45) is 4.99 Å². The minimum Gasteiger partial charge on any atom is -0.305 e. The molecule has 0 N–H and O–H groups in total. The Morgan fingerprint density at radius 3 is 2.70 bits per heavy atom. The predicted molar refractivity (Wildman–Crippen MR) is 93.9 cm³/mol. The second kappa shape index (κ2) is 6.10. The molecule has 3 rings (SSSR count). The van der Waals surface area contributed by atoms with E-state index in [0.717, 1.165) is 11.3 Å². The van der Waals surface area contributed by atoms with Gasteiger partial charge in [-0.2, -0.15) is 0 Å². The highest BCUT2D eigenvalue weighted by Gasteiger charge is 2.27. The highest BCUT2D eigenvalue weighted by atomic mass is 35.5. The number of hydrogen-bond donors (Lipinski definition) is 0. The average Bonchev–Trinajstić information content (AvgIpc) is 2.50. The van der Waals surface area contributed by atoms with Crippen LogP contribution in [0.4, 0.5) is 15.9 Å². The van der Waals surface area contributed by atoms with Crippen LogP contribution in [-0.4, -0.2) is 16.8 Å². The number of aromatic nitrogens is 1. The summed E-state index contributed by atoms with van der Waals surface area (Å²) in [7, 11) is 0. The van der Waals surface area contributed by atoms with E-state index in [9.17, 15) is 4.39 Å². The first-order chi connectivity index (χ1) is 10.9. The lowest BCUT2D eigenvalue weighted by Gasteiger charge is -2.31. The van der Waals surface area contributed by atoms with E-state index in [4.69, 9.17) is 23.2 Å². The van der Waals surface area contributed by atoms with Crippen molar-refractivity contribution in [2.45, 2.75) is 26.7 Å². The maximum absolute atomic E-state index is 13.8. The van der Waals surface area contributed by atoms with Gasteiger partial charge in [0.2, 0.25) is 0 Å². The smallest absolute Gasteiger partial charge is 0.167 e. The summed E-state index contributed by atoms with van der Waals surface area (Å²) < 4.78 is 13.8. The monoisotopic (exact) mass is 351 g/mol. The predicted octanol–water partition coefficient (Wildman–Crippen LogP) is 5.40. The molecule has 0 spiro atoms. The fourth-order valence-corrected chi connectivity index (χ4v) is 3.12. The molecule has 0 aliphatic carbocycles. The normalized spacial score (nSPS) is 14.0. The molecule has 1 aliphatic heterocycles. The number of aliphatic imine (C=N–C) groups is 1. The molecule has 0 unspecified atom stereocenters. The van der Waals surface area contributed by atoms with E-state index in [2.05, 4.69) is 29.9 Å². The van der Waals surface area contributed by atoms with E-state index in [1.807, 2.05) is 24.0 Å². The van der Waals surface area contributed by atoms with Crippen molar-refractivity contribution < 1.29 is 4.39 Å². The van der Waals surface area contributed by atoms with Crippen molar-refractivity contribution in [2.75, 3.05) is 11.6 Å². The molecule has 2 heterocycles. The number of halogens is 3. The van der Waals surface area contributed by atoms with Crippen molar-refractivity contribution in [3.8, 4) is 0 Å². The van der Waals surface area contributed by atoms with Crippen LogP contribution < -0.4 is 4.90 Å². The lowest BCUT2D eigenvalue weighted by atomic mass is 9.97. The summed E-state index contributed by atoms with van der Waals surface area (Å²) in [6.45, 7) is 6.62. The summed E-state index contributed by atoms with van der Waals surface area (Å²) >= 11 is 12.0. The molecule has 0 saturated heterocycles. The minimum atomic E-state index is -0.602. The Morgan fingerprint density at radius 2 is 2.00 bits per heavy atom. The van der Waals surface area contributed by atoms with E-state index < -0.39 is 5.82 Å². The zero-order chi connectivity index (χ0) is 16.7. The van der Waals surface area contributed by atoms with E-state index in [1.54, 1.807) is 0 Å². The summed E-state index contributed by atoms with van der Waals surface area (Å²) in [4.78, 5) is 10.5. The van der Waals surface area contributed by atoms with Gasteiger partial charge in [-0.1, -0.05) is 55.2 Å². The van der Waals surface area contributed by atoms with E-state index in [0.29, 0.717) is 24.0 Å². The van der Waals surface area contributed by atoms with Gasteiger partial charge in [-0.3, -0.25) is 4.99 Å². The Hall–Kier alpha value is -1.65. The second-order valence-corrected chi connectivity index (χ2v) is 6.53. The fraction of sp³-hybridized carbons (Fsp3) is 0.294. The van der Waals surface area contributed by atoms with Gasteiger partial charge in [-0.15, -0.1) is 0 Å². The number of hydrogen-bond acceptors (Lipinski definition) is 3. The lowest BCUT2D eigenvalue weighted by Crippen LogP contribution is -2.27. The van der Waals surface area contributed by atoms with Crippen LogP contribution >= 0.6 is 23.2 Å². The molecule has 0 bridgehead atoms. The molecule has 6 heteroatoms. The van der Waals surface area contributed by atoms with E-state index >= 15 is 0 Å². The molecule has 0 atom stereocenters. The van der Waals surface area contributed by atoms with Crippen molar-refractivity contribution in [1.82, 2.24) is 4.98 Å². The zero-order valence-electron chi connectivity index (χ0n) is 13.1. The van der Waals surface area contributed by atoms with Gasteiger partial charge in [-0.05, 0) is 30.0 Å². The highest BCUT2D eigenvalue weighted by Crippen LogP contribution is 2.39. The summed E-state index contributed by atoms with van der Waals surface area (Å²) in [5.41, 5.74) is 3.74. The molecule has 0 amide bonds. The van der Waals surface area contributed by atoms with Crippen LogP contribution in [0, 0.1) is 12.7 Å². The van der Waals surface area contributed by atoms with Crippen molar-refractivity contribution in [1.29, 1.82) is 0 Å². The van der Waals surface area contributed by atoms with Crippen LogP contribution in [0.2, 0.25) is 5.15 Å². The third-order valence-electron chi connectivity index (χ3n) is 3.90. The average molecular weight is 352 g/mol. The SMILES string of the molecule is Cc1cccc(C(C)C)c1N1CN=C(Cl)c2cc(F)c(Cl)nc21. The summed E-state index contributed by atoms with van der Waals surface area (Å²) in [6.07, 6.45) is 0. The Labute approximate surface area is 144 Å². The highest BCUT2D eigenvalue weighted by molar-refractivity contribution is 6.70. The molecule has 1 aromatic carbocycles. The quantitative estimate of drug-likeness (QED) is 0.677. The van der Waals surface area contributed by atoms with Crippen molar-refractivity contribution in [3.05, 3.63) is 51.9 Å². The standard InChI is InChI=1S/C17H16Cl2FN3/c1-9(2)11-6-4-5-10(3)14(11)23-8-21-15(18)12-7-13(20)16(19)22-17(12)23/h4-7,9H,8H2,1-3H3. The summed E-state index contributed by atoms with van der Waals surface area (Å²) in [5.74, 6) is 0.257. The maximum Gasteiger partial charge on any atom is 0.167 e. The van der Waals surface area contributed by atoms with Gasteiger partial charge in [0.05, 0.1) is 11.3 Å². The van der Waals surface area contributed by atoms with Gasteiger partial charge in [0.25, 0.3) is 0 Å². The number of aryl methyl sites for hydroxylation is 1. The molecule has 3 nitrogen and oxygen atoms in total. The van der Waals surface area contributed by atoms with Crippen LogP contribution in [0.1, 0.15) is 36.5 Å². The van der Waals surface area contributed by atoms with E-state index in [-0.39, 0.29) is 10.3 Å². The van der Waals surface area contributed by atoms with Crippen LogP contribution in [0.15, 0.2) is 29.3 Å². The van der Waals surface area contributed by atoms with Crippen LogP contribution in [-0.2, 0) is 0 Å². The summed E-state index contributed by atoms with van der Waals surface area (Å²) in [6, 6.07) is 7.43. The van der Waals surface area contributed by atoms with Crippen LogP contribution in [0.25, 0.3) is 0 Å². The van der Waals surface area contributed by atoms with Crippen LogP contribution in [0.3, 0.4) is 0 Å². The molecule has 0 radical (unpaired) electrons. The number of anilines is 2. The largest absolute Gasteiger partial charge is 0.305 e. The molecule has 2 aromatic rings. The Kier molecular flexibility index (Phi) is 4.30. The van der Waals surface area contributed by atoms with Gasteiger partial charge < -0.3 is 4.90 Å². The molecular formula is C17H16Cl2FN3. The number of para-hydroxylation sites is 1. The van der Waals surface area contributed by atoms with Gasteiger partial charge in [0.15, 0.2) is 11.0 Å². The van der Waals surface area contributed by atoms with Crippen molar-refractivity contribution >= 4 is 39.9 Å². The summed E-state index contributed by atoms with van der Waals surface area (Å²) in [5, 5.41) is 0.0822. The Bertz CT molecular complexity index is 803. The molecule has 120 valence electrons. The number of fused-ring (bicyclic) bond motifs is 1. The first-order valence-corrected chi connectivity index (χ1v) is 8.09. The molecule has 0 saturated carbocycles. The first kappa shape index (κ1) is 16.2. The number of pyridine rings is 1. The molecular weight excluding hydrogens is 336 g/mol. The minimum absolute atomic E-state index is 0.167. The van der Waals surface area contributed by atoms with Crippen molar-refractivity contribution in [3.63, 3.8) is 0 Å². The fourth-order valence-electron chi connectivity index (χ4n) is 2.79. The van der Waals surface area contributed by atoms with Gasteiger partial charge >= 0.3 is 0 Å². The molecule has 1 aromatic heterocycles. The first-order valence-electron chi connectivity index (χ1n) is 7.33. The molecule has 23 heavy (non-hydrogen) atoms. The van der Waals surface area contributed by atoms with Gasteiger partial charge in [0.1, 0.15) is 17.7 Å². The third-order valence-corrected chi connectivity index (χ3v) is 4.49. The van der Waals surface area contributed by atoms with E-state index in [1.165, 1.54) is 11.6 Å². The van der Waals surface area contributed by atoms with Crippen LogP contribution in [0.5, 0.6) is 0 Å². The topological polar surface area (TPSA) is 28.5 Å². The third kappa shape index (κ3) is 2.81. The lowest BCUT2D eigenvalue weighted by molar-refractivity contribution is 0.621. The number of nitrogens with zero attached hydrogens (tertiary/aromatic N) is 3. The molecule has 1 aliphatic rings. The van der Waals surface area contributed by atoms with Gasteiger partial charge in [-0.25, -0.2) is 9.37 Å².